The Hall–Kier alpha value is -2.27. The molecule has 0 bridgehead atoms. The topological polar surface area (TPSA) is 37.5 Å². The fraction of sp³-hybridized carbons (Fsp3) is 0.0714. The first kappa shape index (κ1) is 11.8. The highest BCUT2D eigenvalue weighted by Crippen LogP contribution is 2.27. The number of halogens is 2. The summed E-state index contributed by atoms with van der Waals surface area (Å²) >= 11 is 0. The van der Waals surface area contributed by atoms with Gasteiger partial charge in [0.25, 0.3) is 0 Å². The van der Waals surface area contributed by atoms with Crippen molar-refractivity contribution in [3.05, 3.63) is 71.6 Å². The van der Waals surface area contributed by atoms with Crippen molar-refractivity contribution in [3.8, 4) is 0 Å². The molecule has 96 valence electrons. The second-order valence-electron chi connectivity index (χ2n) is 4.20. The maximum absolute atomic E-state index is 13.7. The van der Waals surface area contributed by atoms with Crippen molar-refractivity contribution in [3.63, 3.8) is 0 Å². The minimum absolute atomic E-state index is 0.0984. The van der Waals surface area contributed by atoms with Gasteiger partial charge in [-0.1, -0.05) is 6.07 Å². The van der Waals surface area contributed by atoms with Gasteiger partial charge in [-0.05, 0) is 30.3 Å². The van der Waals surface area contributed by atoms with Gasteiger partial charge in [-0.3, -0.25) is 0 Å². The smallest absolute Gasteiger partial charge is 0.129 e. The van der Waals surface area contributed by atoms with E-state index in [2.05, 4.69) is 5.10 Å². The predicted molar refractivity (Wildman–Crippen MR) is 65.6 cm³/mol. The number of rotatable bonds is 2. The van der Waals surface area contributed by atoms with Gasteiger partial charge in [0.2, 0.25) is 0 Å². The molecular formula is C14H10F2N2O. The van der Waals surface area contributed by atoms with E-state index in [1.54, 1.807) is 28.9 Å². The molecule has 0 spiro atoms. The zero-order valence-corrected chi connectivity index (χ0v) is 9.79. The van der Waals surface area contributed by atoms with E-state index < -0.39 is 17.7 Å². The van der Waals surface area contributed by atoms with Crippen LogP contribution in [0.25, 0.3) is 5.52 Å². The molecule has 0 aliphatic carbocycles. The fourth-order valence-electron chi connectivity index (χ4n) is 2.06. The zero-order chi connectivity index (χ0) is 13.4. The van der Waals surface area contributed by atoms with Crippen LogP contribution < -0.4 is 0 Å². The first-order valence-electron chi connectivity index (χ1n) is 5.72. The minimum atomic E-state index is -1.25. The molecule has 0 aliphatic heterocycles. The molecule has 0 amide bonds. The molecule has 1 unspecified atom stereocenters. The van der Waals surface area contributed by atoms with Gasteiger partial charge in [0.05, 0.1) is 11.7 Å². The summed E-state index contributed by atoms with van der Waals surface area (Å²) in [6, 6.07) is 8.34. The number of hydrogen-bond acceptors (Lipinski definition) is 2. The number of aliphatic hydroxyl groups is 1. The minimum Gasteiger partial charge on any atom is -0.383 e. The van der Waals surface area contributed by atoms with Crippen LogP contribution in [0.4, 0.5) is 8.78 Å². The number of benzene rings is 1. The summed E-state index contributed by atoms with van der Waals surface area (Å²) in [6.45, 7) is 0. The summed E-state index contributed by atoms with van der Waals surface area (Å²) in [6.07, 6.45) is 1.91. The molecule has 0 saturated heterocycles. The Morgan fingerprint density at radius 2 is 1.95 bits per heavy atom. The van der Waals surface area contributed by atoms with Crippen molar-refractivity contribution in [2.24, 2.45) is 0 Å². The molecule has 3 nitrogen and oxygen atoms in total. The number of aromatic nitrogens is 2. The third-order valence-electron chi connectivity index (χ3n) is 3.00. The molecule has 2 heterocycles. The first-order chi connectivity index (χ1) is 9.16. The van der Waals surface area contributed by atoms with E-state index in [9.17, 15) is 13.9 Å². The molecule has 3 rings (SSSR count). The number of hydrogen-bond donors (Lipinski definition) is 1. The van der Waals surface area contributed by atoms with Crippen molar-refractivity contribution in [2.75, 3.05) is 0 Å². The quantitative estimate of drug-likeness (QED) is 0.769. The predicted octanol–water partition coefficient (Wildman–Crippen LogP) is 2.69. The molecule has 0 radical (unpaired) electrons. The molecule has 1 aromatic carbocycles. The number of fused-ring (bicyclic) bond motifs is 1. The monoisotopic (exact) mass is 260 g/mol. The molecular weight excluding hydrogens is 250 g/mol. The summed E-state index contributed by atoms with van der Waals surface area (Å²) in [5, 5.41) is 14.3. The SMILES string of the molecule is OC(c1cc(F)ccc1F)c1cnn2ccccc12. The summed E-state index contributed by atoms with van der Waals surface area (Å²) in [5.74, 6) is -1.24. The largest absolute Gasteiger partial charge is 0.383 e. The van der Waals surface area contributed by atoms with Gasteiger partial charge >= 0.3 is 0 Å². The Morgan fingerprint density at radius 3 is 2.79 bits per heavy atom. The third kappa shape index (κ3) is 1.98. The highest BCUT2D eigenvalue weighted by Gasteiger charge is 2.19. The third-order valence-corrected chi connectivity index (χ3v) is 3.00. The van der Waals surface area contributed by atoms with E-state index in [4.69, 9.17) is 0 Å². The van der Waals surface area contributed by atoms with Crippen molar-refractivity contribution in [2.45, 2.75) is 6.10 Å². The Balaban J connectivity index is 2.13. The van der Waals surface area contributed by atoms with Gasteiger partial charge < -0.3 is 5.11 Å². The standard InChI is InChI=1S/C14H10F2N2O/c15-9-4-5-12(16)10(7-9)14(19)11-8-17-18-6-2-1-3-13(11)18/h1-8,14,19H. The van der Waals surface area contributed by atoms with Crippen LogP contribution in [0.2, 0.25) is 0 Å². The van der Waals surface area contributed by atoms with E-state index in [1.165, 1.54) is 6.20 Å². The van der Waals surface area contributed by atoms with Gasteiger partial charge in [0.1, 0.15) is 17.7 Å². The normalized spacial score (nSPS) is 12.8. The first-order valence-corrected chi connectivity index (χ1v) is 5.72. The molecule has 0 saturated carbocycles. The van der Waals surface area contributed by atoms with Crippen LogP contribution in [0.1, 0.15) is 17.2 Å². The average Bonchev–Trinajstić information content (AvgIpc) is 2.84. The molecule has 0 fully saturated rings. The molecule has 5 heteroatoms. The lowest BCUT2D eigenvalue weighted by Gasteiger charge is -2.11. The Labute approximate surface area is 107 Å². The molecule has 1 N–H and O–H groups in total. The zero-order valence-electron chi connectivity index (χ0n) is 9.79. The van der Waals surface area contributed by atoms with Gasteiger partial charge in [-0.15, -0.1) is 0 Å². The van der Waals surface area contributed by atoms with Crippen LogP contribution >= 0.6 is 0 Å². The van der Waals surface area contributed by atoms with E-state index in [1.807, 2.05) is 0 Å². The fourth-order valence-corrected chi connectivity index (χ4v) is 2.06. The lowest BCUT2D eigenvalue weighted by molar-refractivity contribution is 0.216. The van der Waals surface area contributed by atoms with E-state index in [-0.39, 0.29) is 5.56 Å². The van der Waals surface area contributed by atoms with Crippen molar-refractivity contribution in [1.29, 1.82) is 0 Å². The lowest BCUT2D eigenvalue weighted by atomic mass is 10.0. The van der Waals surface area contributed by atoms with Crippen LogP contribution in [-0.2, 0) is 0 Å². The summed E-state index contributed by atoms with van der Waals surface area (Å²) < 4.78 is 28.4. The molecule has 19 heavy (non-hydrogen) atoms. The van der Waals surface area contributed by atoms with Crippen LogP contribution in [0.15, 0.2) is 48.8 Å². The van der Waals surface area contributed by atoms with Crippen molar-refractivity contribution in [1.82, 2.24) is 9.61 Å². The maximum atomic E-state index is 13.7. The van der Waals surface area contributed by atoms with Gasteiger partial charge in [-0.25, -0.2) is 13.3 Å². The van der Waals surface area contributed by atoms with Crippen LogP contribution in [0.5, 0.6) is 0 Å². The van der Waals surface area contributed by atoms with Crippen molar-refractivity contribution < 1.29 is 13.9 Å². The summed E-state index contributed by atoms with van der Waals surface area (Å²) in [4.78, 5) is 0. The lowest BCUT2D eigenvalue weighted by Crippen LogP contribution is -2.03. The van der Waals surface area contributed by atoms with Gasteiger partial charge in [0, 0.05) is 17.3 Å². The molecule has 0 aliphatic rings. The summed E-state index contributed by atoms with van der Waals surface area (Å²) in [7, 11) is 0. The Kier molecular flexibility index (Phi) is 2.76. The average molecular weight is 260 g/mol. The Bertz CT molecular complexity index is 739. The van der Waals surface area contributed by atoms with Crippen LogP contribution in [0.3, 0.4) is 0 Å². The highest BCUT2D eigenvalue weighted by molar-refractivity contribution is 5.56. The number of nitrogens with zero attached hydrogens (tertiary/aromatic N) is 2. The molecule has 1 atom stereocenters. The second kappa shape index (κ2) is 4.44. The van der Waals surface area contributed by atoms with E-state index in [0.717, 1.165) is 18.2 Å². The van der Waals surface area contributed by atoms with Crippen molar-refractivity contribution >= 4 is 5.52 Å². The number of aliphatic hydroxyl groups excluding tert-OH is 1. The highest BCUT2D eigenvalue weighted by atomic mass is 19.1. The van der Waals surface area contributed by atoms with Gasteiger partial charge in [-0.2, -0.15) is 5.10 Å². The van der Waals surface area contributed by atoms with E-state index in [0.29, 0.717) is 11.1 Å². The molecule has 2 aromatic heterocycles. The van der Waals surface area contributed by atoms with Gasteiger partial charge in [0.15, 0.2) is 0 Å². The Morgan fingerprint density at radius 1 is 1.11 bits per heavy atom. The second-order valence-corrected chi connectivity index (χ2v) is 4.20. The van der Waals surface area contributed by atoms with Crippen LogP contribution in [-0.4, -0.2) is 14.7 Å². The maximum Gasteiger partial charge on any atom is 0.129 e. The number of pyridine rings is 1. The van der Waals surface area contributed by atoms with E-state index >= 15 is 0 Å². The molecule has 3 aromatic rings. The van der Waals surface area contributed by atoms with Crippen LogP contribution in [0, 0.1) is 11.6 Å². The summed E-state index contributed by atoms with van der Waals surface area (Å²) in [5.41, 5.74) is 0.988.